The quantitative estimate of drug-likeness (QED) is 0.875. The first-order valence-corrected chi connectivity index (χ1v) is 6.36. The number of halogens is 2. The van der Waals surface area contributed by atoms with Gasteiger partial charge in [-0.2, -0.15) is 0 Å². The van der Waals surface area contributed by atoms with Gasteiger partial charge in [-0.1, -0.05) is 17.7 Å². The first-order valence-electron chi connectivity index (χ1n) is 5.98. The summed E-state index contributed by atoms with van der Waals surface area (Å²) in [6, 6.07) is 5.95. The maximum atomic E-state index is 13.1. The van der Waals surface area contributed by atoms with Crippen LogP contribution < -0.4 is 5.32 Å². The van der Waals surface area contributed by atoms with E-state index in [1.807, 2.05) is 6.07 Å². The highest BCUT2D eigenvalue weighted by atomic mass is 35.5. The van der Waals surface area contributed by atoms with Crippen molar-refractivity contribution < 1.29 is 4.39 Å². The topological polar surface area (TPSA) is 15.3 Å². The fraction of sp³-hybridized carbons (Fsp3) is 0.538. The van der Waals surface area contributed by atoms with E-state index in [1.54, 1.807) is 6.07 Å². The lowest BCUT2D eigenvalue weighted by Crippen LogP contribution is -2.54. The Labute approximate surface area is 107 Å². The molecule has 0 bridgehead atoms. The largest absolute Gasteiger partial charge is 0.314 e. The van der Waals surface area contributed by atoms with E-state index < -0.39 is 0 Å². The maximum absolute atomic E-state index is 13.1. The molecule has 2 nitrogen and oxygen atoms in total. The van der Waals surface area contributed by atoms with Crippen molar-refractivity contribution in [3.63, 3.8) is 0 Å². The fourth-order valence-corrected chi connectivity index (χ4v) is 2.53. The van der Waals surface area contributed by atoms with E-state index in [2.05, 4.69) is 24.1 Å². The van der Waals surface area contributed by atoms with Crippen molar-refractivity contribution in [3.05, 3.63) is 34.6 Å². The molecule has 1 N–H and O–H groups in total. The lowest BCUT2D eigenvalue weighted by atomic mass is 10.1. The average molecular weight is 257 g/mol. The lowest BCUT2D eigenvalue weighted by Gasteiger charge is -2.39. The Morgan fingerprint density at radius 3 is 2.59 bits per heavy atom. The second-order valence-electron chi connectivity index (χ2n) is 4.78. The van der Waals surface area contributed by atoms with E-state index in [-0.39, 0.29) is 10.8 Å². The van der Waals surface area contributed by atoms with E-state index in [1.165, 1.54) is 6.07 Å². The van der Waals surface area contributed by atoms with Crippen molar-refractivity contribution in [3.8, 4) is 0 Å². The average Bonchev–Trinajstić information content (AvgIpc) is 2.28. The molecule has 0 aromatic heterocycles. The minimum Gasteiger partial charge on any atom is -0.314 e. The molecule has 1 aromatic carbocycles. The molecule has 2 rings (SSSR count). The molecule has 94 valence electrons. The summed E-state index contributed by atoms with van der Waals surface area (Å²) in [6.45, 7) is 7.23. The van der Waals surface area contributed by atoms with Crippen LogP contribution in [-0.2, 0) is 6.54 Å². The third-order valence-corrected chi connectivity index (χ3v) is 3.65. The zero-order chi connectivity index (χ0) is 12.4. The van der Waals surface area contributed by atoms with Gasteiger partial charge in [0.15, 0.2) is 0 Å². The molecular formula is C13H18ClFN2. The Morgan fingerprint density at radius 1 is 1.35 bits per heavy atom. The molecule has 1 aliphatic rings. The predicted molar refractivity (Wildman–Crippen MR) is 68.7 cm³/mol. The van der Waals surface area contributed by atoms with Crippen LogP contribution in [0.5, 0.6) is 0 Å². The third kappa shape index (κ3) is 2.97. The van der Waals surface area contributed by atoms with Crippen LogP contribution in [0.25, 0.3) is 0 Å². The summed E-state index contributed by atoms with van der Waals surface area (Å²) >= 11 is 5.80. The zero-order valence-electron chi connectivity index (χ0n) is 10.2. The summed E-state index contributed by atoms with van der Waals surface area (Å²) in [5.41, 5.74) is 1.07. The number of piperazine rings is 1. The number of benzene rings is 1. The standard InChI is InChI=1S/C13H18ClFN2/c1-9-6-16-7-10(2)17(9)8-11-3-4-13(15)12(14)5-11/h3-5,9-10,16H,6-8H2,1-2H3. The molecule has 0 aliphatic carbocycles. The van der Waals surface area contributed by atoms with E-state index in [4.69, 9.17) is 11.6 Å². The van der Waals surface area contributed by atoms with Crippen molar-refractivity contribution in [1.82, 2.24) is 10.2 Å². The molecule has 1 fully saturated rings. The van der Waals surface area contributed by atoms with Crippen LogP contribution in [-0.4, -0.2) is 30.1 Å². The number of hydrogen-bond donors (Lipinski definition) is 1. The van der Waals surface area contributed by atoms with Gasteiger partial charge in [0.25, 0.3) is 0 Å². The summed E-state index contributed by atoms with van der Waals surface area (Å²) in [7, 11) is 0. The minimum atomic E-state index is -0.350. The predicted octanol–water partition coefficient (Wildman–Crippen LogP) is 2.66. The van der Waals surface area contributed by atoms with Gasteiger partial charge >= 0.3 is 0 Å². The van der Waals surface area contributed by atoms with Crippen molar-refractivity contribution in [2.24, 2.45) is 0 Å². The summed E-state index contributed by atoms with van der Waals surface area (Å²) in [4.78, 5) is 2.42. The van der Waals surface area contributed by atoms with Gasteiger partial charge in [-0.15, -0.1) is 0 Å². The Morgan fingerprint density at radius 2 is 2.00 bits per heavy atom. The number of hydrogen-bond acceptors (Lipinski definition) is 2. The van der Waals surface area contributed by atoms with Crippen LogP contribution >= 0.6 is 11.6 Å². The van der Waals surface area contributed by atoms with E-state index in [0.29, 0.717) is 12.1 Å². The van der Waals surface area contributed by atoms with E-state index in [9.17, 15) is 4.39 Å². The highest BCUT2D eigenvalue weighted by Crippen LogP contribution is 2.20. The molecule has 4 heteroatoms. The SMILES string of the molecule is CC1CNCC(C)N1Cc1ccc(F)c(Cl)c1. The van der Waals surface area contributed by atoms with Gasteiger partial charge in [0, 0.05) is 31.7 Å². The van der Waals surface area contributed by atoms with Gasteiger partial charge in [-0.05, 0) is 31.5 Å². The van der Waals surface area contributed by atoms with Crippen molar-refractivity contribution in [2.75, 3.05) is 13.1 Å². The zero-order valence-corrected chi connectivity index (χ0v) is 11.0. The number of nitrogens with zero attached hydrogens (tertiary/aromatic N) is 1. The lowest BCUT2D eigenvalue weighted by molar-refractivity contribution is 0.109. The van der Waals surface area contributed by atoms with Crippen molar-refractivity contribution >= 4 is 11.6 Å². The van der Waals surface area contributed by atoms with Gasteiger partial charge in [-0.25, -0.2) is 4.39 Å². The first-order chi connectivity index (χ1) is 8.08. The fourth-order valence-electron chi connectivity index (χ4n) is 2.33. The van der Waals surface area contributed by atoms with Crippen LogP contribution in [0.1, 0.15) is 19.4 Å². The van der Waals surface area contributed by atoms with Gasteiger partial charge in [-0.3, -0.25) is 4.90 Å². The van der Waals surface area contributed by atoms with Crippen molar-refractivity contribution in [2.45, 2.75) is 32.5 Å². The molecular weight excluding hydrogens is 239 g/mol. The van der Waals surface area contributed by atoms with Crippen molar-refractivity contribution in [1.29, 1.82) is 0 Å². The number of nitrogens with one attached hydrogen (secondary N) is 1. The monoisotopic (exact) mass is 256 g/mol. The molecule has 1 aliphatic heterocycles. The molecule has 1 saturated heterocycles. The van der Waals surface area contributed by atoms with Crippen LogP contribution in [0.3, 0.4) is 0 Å². The van der Waals surface area contributed by atoms with Gasteiger partial charge in [0.05, 0.1) is 5.02 Å². The maximum Gasteiger partial charge on any atom is 0.141 e. The van der Waals surface area contributed by atoms with E-state index in [0.717, 1.165) is 25.2 Å². The Hall–Kier alpha value is -0.640. The molecule has 0 saturated carbocycles. The summed E-state index contributed by atoms with van der Waals surface area (Å²) in [5.74, 6) is -0.350. The first kappa shape index (κ1) is 12.8. The van der Waals surface area contributed by atoms with Crippen LogP contribution in [0.4, 0.5) is 4.39 Å². The third-order valence-electron chi connectivity index (χ3n) is 3.36. The molecule has 1 aromatic rings. The molecule has 17 heavy (non-hydrogen) atoms. The second kappa shape index (κ2) is 5.34. The molecule has 1 heterocycles. The van der Waals surface area contributed by atoms with Crippen LogP contribution in [0.15, 0.2) is 18.2 Å². The second-order valence-corrected chi connectivity index (χ2v) is 5.18. The normalized spacial score (nSPS) is 26.1. The summed E-state index contributed by atoms with van der Waals surface area (Å²) < 4.78 is 13.1. The highest BCUT2D eigenvalue weighted by Gasteiger charge is 2.24. The van der Waals surface area contributed by atoms with Crippen LogP contribution in [0.2, 0.25) is 5.02 Å². The van der Waals surface area contributed by atoms with Gasteiger partial charge in [0.2, 0.25) is 0 Å². The van der Waals surface area contributed by atoms with E-state index >= 15 is 0 Å². The highest BCUT2D eigenvalue weighted by molar-refractivity contribution is 6.30. The smallest absolute Gasteiger partial charge is 0.141 e. The van der Waals surface area contributed by atoms with Gasteiger partial charge < -0.3 is 5.32 Å². The molecule has 0 spiro atoms. The Bertz CT molecular complexity index is 387. The summed E-state index contributed by atoms with van der Waals surface area (Å²) in [5, 5.41) is 3.60. The Balaban J connectivity index is 2.10. The molecule has 2 atom stereocenters. The molecule has 0 amide bonds. The Kier molecular flexibility index (Phi) is 4.02. The molecule has 2 unspecified atom stereocenters. The number of rotatable bonds is 2. The minimum absolute atomic E-state index is 0.206. The summed E-state index contributed by atoms with van der Waals surface area (Å²) in [6.07, 6.45) is 0. The van der Waals surface area contributed by atoms with Gasteiger partial charge in [0.1, 0.15) is 5.82 Å². The van der Waals surface area contributed by atoms with Crippen LogP contribution in [0, 0.1) is 5.82 Å². The molecule has 0 radical (unpaired) electrons.